The van der Waals surface area contributed by atoms with Crippen molar-refractivity contribution in [3.63, 3.8) is 0 Å². The van der Waals surface area contributed by atoms with E-state index in [9.17, 15) is 4.79 Å². The smallest absolute Gasteiger partial charge is 0.232 e. The molecule has 0 bridgehead atoms. The van der Waals surface area contributed by atoms with Gasteiger partial charge in [-0.3, -0.25) is 15.1 Å². The predicted molar refractivity (Wildman–Crippen MR) is 97.0 cm³/mol. The lowest BCUT2D eigenvalue weighted by molar-refractivity contribution is -0.117. The number of aromatic nitrogens is 4. The summed E-state index contributed by atoms with van der Waals surface area (Å²) in [6, 6.07) is 15.3. The van der Waals surface area contributed by atoms with Crippen molar-refractivity contribution < 1.29 is 9.53 Å². The molecule has 1 aromatic heterocycles. The second-order valence-corrected chi connectivity index (χ2v) is 5.81. The van der Waals surface area contributed by atoms with E-state index in [1.165, 1.54) is 0 Å². The molecule has 1 atom stereocenters. The summed E-state index contributed by atoms with van der Waals surface area (Å²) in [5.41, 5.74) is 2.75. The Hall–Kier alpha value is -3.22. The lowest BCUT2D eigenvalue weighted by Gasteiger charge is -2.19. The van der Waals surface area contributed by atoms with E-state index in [1.807, 2.05) is 55.5 Å². The summed E-state index contributed by atoms with van der Waals surface area (Å²) in [5.74, 6) is 0.187. The van der Waals surface area contributed by atoms with Crippen LogP contribution in [0, 0.1) is 0 Å². The van der Waals surface area contributed by atoms with Crippen LogP contribution < -0.4 is 15.2 Å². The first-order valence-corrected chi connectivity index (χ1v) is 8.42. The minimum absolute atomic E-state index is 0.202. The number of rotatable bonds is 7. The fraction of sp³-hybridized carbons (Fsp3) is 0.263. The molecule has 3 aromatic rings. The van der Waals surface area contributed by atoms with Crippen LogP contribution in [0.2, 0.25) is 0 Å². The van der Waals surface area contributed by atoms with Gasteiger partial charge in [-0.05, 0) is 36.1 Å². The normalized spacial score (nSPS) is 11.8. The molecular formula is C19H20N5O2-. The van der Waals surface area contributed by atoms with E-state index in [-0.39, 0.29) is 5.91 Å². The largest absolute Gasteiger partial charge is 0.496 e. The van der Waals surface area contributed by atoms with E-state index >= 15 is 0 Å². The molecule has 0 aliphatic heterocycles. The molecule has 0 unspecified atom stereocenters. The molecule has 0 saturated carbocycles. The molecular weight excluding hydrogens is 330 g/mol. The Morgan fingerprint density at radius 1 is 1.15 bits per heavy atom. The number of aryl methyl sites for hydroxylation is 1. The summed E-state index contributed by atoms with van der Waals surface area (Å²) in [6.45, 7) is 2.05. The average molecular weight is 350 g/mol. The number of benzene rings is 2. The van der Waals surface area contributed by atoms with Crippen LogP contribution in [0.15, 0.2) is 48.5 Å². The predicted octanol–water partition coefficient (Wildman–Crippen LogP) is 2.36. The number of nitrogens with zero attached hydrogens (tertiary/aromatic N) is 4. The number of carbonyl (C=O) groups is 1. The number of amides is 1. The molecule has 7 nitrogen and oxygen atoms in total. The van der Waals surface area contributed by atoms with Gasteiger partial charge in [0.2, 0.25) is 5.91 Å². The van der Waals surface area contributed by atoms with Crippen LogP contribution in [0.1, 0.15) is 29.8 Å². The van der Waals surface area contributed by atoms with Crippen molar-refractivity contribution in [2.24, 2.45) is 0 Å². The van der Waals surface area contributed by atoms with Crippen molar-refractivity contribution in [2.75, 3.05) is 12.4 Å². The van der Waals surface area contributed by atoms with Crippen LogP contribution in [0.3, 0.4) is 0 Å². The van der Waals surface area contributed by atoms with E-state index in [1.54, 1.807) is 7.11 Å². The molecule has 0 saturated heterocycles. The van der Waals surface area contributed by atoms with Crippen molar-refractivity contribution in [1.29, 1.82) is 0 Å². The maximum Gasteiger partial charge on any atom is 0.232 e. The van der Waals surface area contributed by atoms with Gasteiger partial charge in [0.05, 0.1) is 13.0 Å². The number of hydrogen-bond donors (Lipinski definition) is 1. The summed E-state index contributed by atoms with van der Waals surface area (Å²) < 4.78 is 5.39. The van der Waals surface area contributed by atoms with E-state index in [0.717, 1.165) is 23.2 Å². The molecule has 0 aliphatic rings. The Morgan fingerprint density at radius 2 is 1.88 bits per heavy atom. The fourth-order valence-electron chi connectivity index (χ4n) is 2.85. The van der Waals surface area contributed by atoms with E-state index in [2.05, 4.69) is 25.9 Å². The van der Waals surface area contributed by atoms with E-state index < -0.39 is 5.92 Å². The molecule has 134 valence electrons. The van der Waals surface area contributed by atoms with Gasteiger partial charge in [0.1, 0.15) is 5.75 Å². The molecule has 1 N–H and O–H groups in total. The second kappa shape index (κ2) is 8.24. The molecule has 2 aromatic carbocycles. The number of hydrogen-bond acceptors (Lipinski definition) is 5. The molecule has 3 rings (SSSR count). The second-order valence-electron chi connectivity index (χ2n) is 5.81. The van der Waals surface area contributed by atoms with Crippen molar-refractivity contribution in [2.45, 2.75) is 25.7 Å². The first-order chi connectivity index (χ1) is 12.7. The first kappa shape index (κ1) is 17.6. The third-order valence-corrected chi connectivity index (χ3v) is 4.24. The highest BCUT2D eigenvalue weighted by atomic mass is 16.5. The minimum atomic E-state index is -0.619. The van der Waals surface area contributed by atoms with Crippen molar-refractivity contribution in [3.8, 4) is 5.75 Å². The maximum atomic E-state index is 13.0. The van der Waals surface area contributed by atoms with Crippen LogP contribution in [-0.2, 0) is 17.6 Å². The molecule has 26 heavy (non-hydrogen) atoms. The molecule has 0 radical (unpaired) electrons. The Morgan fingerprint density at radius 3 is 2.58 bits per heavy atom. The number of carbonyl (C=O) groups excluding carboxylic acids is 1. The van der Waals surface area contributed by atoms with Crippen molar-refractivity contribution >= 4 is 11.6 Å². The highest BCUT2D eigenvalue weighted by molar-refractivity contribution is 5.96. The number of ether oxygens (including phenoxy) is 1. The van der Waals surface area contributed by atoms with Crippen LogP contribution in [0.5, 0.6) is 5.75 Å². The molecule has 0 spiro atoms. The quantitative estimate of drug-likeness (QED) is 0.703. The number of para-hydroxylation sites is 2. The SMILES string of the molecule is CCc1ccccc1NC(=O)[C@H](Cc1ccccc1OC)c1nnn[n-]1. The summed E-state index contributed by atoms with van der Waals surface area (Å²) in [5, 5.41) is 17.8. The number of anilines is 1. The van der Waals surface area contributed by atoms with Crippen LogP contribution in [-0.4, -0.2) is 28.5 Å². The molecule has 7 heteroatoms. The van der Waals surface area contributed by atoms with Crippen LogP contribution >= 0.6 is 0 Å². The lowest BCUT2D eigenvalue weighted by atomic mass is 9.96. The number of nitrogens with one attached hydrogen (secondary N) is 1. The van der Waals surface area contributed by atoms with Gasteiger partial charge in [-0.2, -0.15) is 5.21 Å². The molecule has 1 amide bonds. The van der Waals surface area contributed by atoms with Gasteiger partial charge in [0, 0.05) is 11.5 Å². The highest BCUT2D eigenvalue weighted by Crippen LogP contribution is 2.26. The monoisotopic (exact) mass is 350 g/mol. The first-order valence-electron chi connectivity index (χ1n) is 8.42. The third kappa shape index (κ3) is 3.88. The lowest BCUT2D eigenvalue weighted by Crippen LogP contribution is -2.25. The summed E-state index contributed by atoms with van der Waals surface area (Å²) in [4.78, 5) is 13.0. The number of tetrazole rings is 1. The van der Waals surface area contributed by atoms with E-state index in [4.69, 9.17) is 4.74 Å². The summed E-state index contributed by atoms with van der Waals surface area (Å²) >= 11 is 0. The molecule has 1 heterocycles. The minimum Gasteiger partial charge on any atom is -0.496 e. The van der Waals surface area contributed by atoms with Gasteiger partial charge >= 0.3 is 0 Å². The zero-order chi connectivity index (χ0) is 18.4. The van der Waals surface area contributed by atoms with E-state index in [0.29, 0.717) is 18.0 Å². The fourth-order valence-corrected chi connectivity index (χ4v) is 2.85. The topological polar surface area (TPSA) is 91.1 Å². The van der Waals surface area contributed by atoms with Crippen molar-refractivity contribution in [1.82, 2.24) is 20.6 Å². The Bertz CT molecular complexity index is 864. The van der Waals surface area contributed by atoms with Crippen LogP contribution in [0.4, 0.5) is 5.69 Å². The van der Waals surface area contributed by atoms with Gasteiger partial charge in [-0.25, -0.2) is 0 Å². The Labute approximate surface area is 151 Å². The van der Waals surface area contributed by atoms with Gasteiger partial charge in [0.25, 0.3) is 0 Å². The van der Waals surface area contributed by atoms with Crippen LogP contribution in [0.25, 0.3) is 0 Å². The third-order valence-electron chi connectivity index (χ3n) is 4.24. The standard InChI is InChI=1S/C19H21N5O2/c1-3-13-8-4-6-10-16(13)20-19(25)15(18-21-23-24-22-18)12-14-9-5-7-11-17(14)26-2/h4-11,15H,3,12H2,1-2H3,(H2,20,21,22,23,24,25)/p-1/t15-/m1/s1. The van der Waals surface area contributed by atoms with Crippen molar-refractivity contribution in [3.05, 3.63) is 65.5 Å². The zero-order valence-corrected chi connectivity index (χ0v) is 14.7. The maximum absolute atomic E-state index is 13.0. The molecule has 0 aliphatic carbocycles. The Kier molecular flexibility index (Phi) is 5.58. The highest BCUT2D eigenvalue weighted by Gasteiger charge is 2.23. The van der Waals surface area contributed by atoms with Gasteiger partial charge in [-0.1, -0.05) is 43.3 Å². The van der Waals surface area contributed by atoms with Gasteiger partial charge in [-0.15, -0.1) is 0 Å². The zero-order valence-electron chi connectivity index (χ0n) is 14.7. The number of methoxy groups -OCH3 is 1. The summed E-state index contributed by atoms with van der Waals surface area (Å²) in [7, 11) is 1.60. The average Bonchev–Trinajstić information content (AvgIpc) is 3.21. The molecule has 0 fully saturated rings. The van der Waals surface area contributed by atoms with Gasteiger partial charge < -0.3 is 15.2 Å². The Balaban J connectivity index is 1.88. The van der Waals surface area contributed by atoms with Gasteiger partial charge in [0.15, 0.2) is 0 Å². The summed E-state index contributed by atoms with van der Waals surface area (Å²) in [6.07, 6.45) is 1.21.